The molecule has 132 valence electrons. The largest absolute Gasteiger partial charge is 0.378 e. The molecule has 0 radical (unpaired) electrons. The molecule has 0 aliphatic carbocycles. The van der Waals surface area contributed by atoms with Crippen molar-refractivity contribution in [1.29, 1.82) is 0 Å². The molecule has 0 aromatic carbocycles. The average molecular weight is 336 g/mol. The van der Waals surface area contributed by atoms with Crippen LogP contribution in [0.2, 0.25) is 0 Å². The highest BCUT2D eigenvalue weighted by molar-refractivity contribution is 5.71. The Kier molecular flexibility index (Phi) is 4.70. The predicted molar refractivity (Wildman–Crippen MR) is 91.3 cm³/mol. The first-order valence-corrected chi connectivity index (χ1v) is 8.35. The summed E-state index contributed by atoms with van der Waals surface area (Å²) in [5.74, 6) is 1.62. The van der Waals surface area contributed by atoms with Gasteiger partial charge < -0.3 is 20.3 Å². The molecule has 2 aliphatic rings. The Hall–Kier alpha value is -2.16. The first-order valence-electron chi connectivity index (χ1n) is 8.35. The maximum atomic E-state index is 11.5. The fraction of sp³-hybridized carbons (Fsp3) is 0.733. The first kappa shape index (κ1) is 16.7. The molecule has 1 aromatic rings. The van der Waals surface area contributed by atoms with E-state index in [1.165, 1.54) is 0 Å². The molecule has 2 atom stereocenters. The third-order valence-electron chi connectivity index (χ3n) is 4.53. The second-order valence-electron chi connectivity index (χ2n) is 6.79. The monoisotopic (exact) mass is 336 g/mol. The van der Waals surface area contributed by atoms with Crippen molar-refractivity contribution in [3.63, 3.8) is 0 Å². The van der Waals surface area contributed by atoms with Crippen molar-refractivity contribution in [1.82, 2.24) is 9.97 Å². The Morgan fingerprint density at radius 1 is 1.17 bits per heavy atom. The molecule has 2 N–H and O–H groups in total. The van der Waals surface area contributed by atoms with E-state index < -0.39 is 4.92 Å². The van der Waals surface area contributed by atoms with Crippen LogP contribution in [0.4, 0.5) is 23.3 Å². The standard InChI is InChI=1S/C15H24N6O3/c1-10-7-11(2)9-20(8-10)14-12(21(22)23)13(16)17-15(18-14)19-3-5-24-6-4-19/h10-11H,3-9H2,1-2H3,(H2,16,17,18)/t10-,11-/m0/s1. The number of ether oxygens (including phenoxy) is 1. The molecule has 0 unspecified atom stereocenters. The maximum Gasteiger partial charge on any atom is 0.353 e. The Morgan fingerprint density at radius 2 is 1.79 bits per heavy atom. The summed E-state index contributed by atoms with van der Waals surface area (Å²) in [6.45, 7) is 8.28. The zero-order valence-electron chi connectivity index (χ0n) is 14.1. The van der Waals surface area contributed by atoms with Gasteiger partial charge >= 0.3 is 5.69 Å². The molecule has 9 nitrogen and oxygen atoms in total. The number of hydrogen-bond acceptors (Lipinski definition) is 8. The number of anilines is 3. The number of nitrogens with zero attached hydrogens (tertiary/aromatic N) is 5. The van der Waals surface area contributed by atoms with Gasteiger partial charge in [0.25, 0.3) is 0 Å². The van der Waals surface area contributed by atoms with Crippen molar-refractivity contribution in [2.75, 3.05) is 54.9 Å². The molecule has 2 saturated heterocycles. The van der Waals surface area contributed by atoms with Crippen molar-refractivity contribution in [2.45, 2.75) is 20.3 Å². The molecule has 9 heteroatoms. The molecule has 3 heterocycles. The van der Waals surface area contributed by atoms with E-state index in [4.69, 9.17) is 10.5 Å². The number of hydrogen-bond donors (Lipinski definition) is 1. The van der Waals surface area contributed by atoms with E-state index in [1.54, 1.807) is 0 Å². The number of nitro groups is 1. The van der Waals surface area contributed by atoms with Gasteiger partial charge in [-0.1, -0.05) is 13.8 Å². The number of piperidine rings is 1. The summed E-state index contributed by atoms with van der Waals surface area (Å²) in [4.78, 5) is 23.7. The first-order chi connectivity index (χ1) is 11.5. The van der Waals surface area contributed by atoms with E-state index in [1.807, 2.05) is 9.80 Å². The fourth-order valence-corrected chi connectivity index (χ4v) is 3.58. The molecular weight excluding hydrogens is 312 g/mol. The Labute approximate surface area is 140 Å². The highest BCUT2D eigenvalue weighted by Gasteiger charge is 2.32. The second kappa shape index (κ2) is 6.76. The van der Waals surface area contributed by atoms with Crippen LogP contribution in [-0.2, 0) is 4.74 Å². The number of rotatable bonds is 3. The Balaban J connectivity index is 2.00. The average Bonchev–Trinajstić information content (AvgIpc) is 2.53. The van der Waals surface area contributed by atoms with E-state index in [2.05, 4.69) is 23.8 Å². The molecule has 2 aliphatic heterocycles. The molecule has 0 spiro atoms. The normalized spacial score (nSPS) is 24.9. The molecule has 24 heavy (non-hydrogen) atoms. The van der Waals surface area contributed by atoms with E-state index in [0.717, 1.165) is 19.5 Å². The van der Waals surface area contributed by atoms with Gasteiger partial charge in [0.2, 0.25) is 17.6 Å². The van der Waals surface area contributed by atoms with Gasteiger partial charge in [-0.15, -0.1) is 0 Å². The summed E-state index contributed by atoms with van der Waals surface area (Å²) in [6.07, 6.45) is 1.11. The van der Waals surface area contributed by atoms with Crippen LogP contribution in [0.1, 0.15) is 20.3 Å². The highest BCUT2D eigenvalue weighted by Crippen LogP contribution is 2.36. The molecule has 3 rings (SSSR count). The summed E-state index contributed by atoms with van der Waals surface area (Å²) >= 11 is 0. The zero-order valence-corrected chi connectivity index (χ0v) is 14.1. The summed E-state index contributed by atoms with van der Waals surface area (Å²) in [5, 5.41) is 11.5. The lowest BCUT2D eigenvalue weighted by atomic mass is 9.92. The van der Waals surface area contributed by atoms with Gasteiger partial charge in [-0.2, -0.15) is 9.97 Å². The van der Waals surface area contributed by atoms with Crippen LogP contribution in [0.5, 0.6) is 0 Å². The van der Waals surface area contributed by atoms with E-state index in [-0.39, 0.29) is 11.5 Å². The smallest absolute Gasteiger partial charge is 0.353 e. The molecule has 1 aromatic heterocycles. The number of aromatic nitrogens is 2. The predicted octanol–water partition coefficient (Wildman–Crippen LogP) is 1.29. The Morgan fingerprint density at radius 3 is 2.38 bits per heavy atom. The van der Waals surface area contributed by atoms with Gasteiger partial charge in [-0.05, 0) is 18.3 Å². The van der Waals surface area contributed by atoms with E-state index in [0.29, 0.717) is 49.9 Å². The summed E-state index contributed by atoms with van der Waals surface area (Å²) in [7, 11) is 0. The lowest BCUT2D eigenvalue weighted by molar-refractivity contribution is -0.383. The number of nitrogen functional groups attached to an aromatic ring is 1. The third kappa shape index (κ3) is 3.35. The fourth-order valence-electron chi connectivity index (χ4n) is 3.58. The van der Waals surface area contributed by atoms with Gasteiger partial charge in [0.1, 0.15) is 0 Å². The quantitative estimate of drug-likeness (QED) is 0.649. The van der Waals surface area contributed by atoms with Gasteiger partial charge in [-0.25, -0.2) is 0 Å². The highest BCUT2D eigenvalue weighted by atomic mass is 16.6. The topological polar surface area (TPSA) is 111 Å². The lowest BCUT2D eigenvalue weighted by Gasteiger charge is -2.36. The van der Waals surface area contributed by atoms with Crippen LogP contribution in [0.3, 0.4) is 0 Å². The van der Waals surface area contributed by atoms with Crippen LogP contribution in [0.25, 0.3) is 0 Å². The van der Waals surface area contributed by atoms with Crippen LogP contribution in [-0.4, -0.2) is 54.3 Å². The van der Waals surface area contributed by atoms with Crippen LogP contribution >= 0.6 is 0 Å². The van der Waals surface area contributed by atoms with Gasteiger partial charge in [0, 0.05) is 26.2 Å². The number of nitrogens with two attached hydrogens (primary N) is 1. The summed E-state index contributed by atoms with van der Waals surface area (Å²) in [6, 6.07) is 0. The van der Waals surface area contributed by atoms with E-state index in [9.17, 15) is 10.1 Å². The molecule has 2 fully saturated rings. The van der Waals surface area contributed by atoms with Crippen molar-refractivity contribution in [3.8, 4) is 0 Å². The van der Waals surface area contributed by atoms with Crippen LogP contribution in [0, 0.1) is 22.0 Å². The second-order valence-corrected chi connectivity index (χ2v) is 6.79. The van der Waals surface area contributed by atoms with Gasteiger partial charge in [0.15, 0.2) is 0 Å². The lowest BCUT2D eigenvalue weighted by Crippen LogP contribution is -2.41. The maximum absolute atomic E-state index is 11.5. The van der Waals surface area contributed by atoms with Crippen molar-refractivity contribution < 1.29 is 9.66 Å². The molecular formula is C15H24N6O3. The minimum atomic E-state index is -0.475. The van der Waals surface area contributed by atoms with E-state index >= 15 is 0 Å². The molecule has 0 bridgehead atoms. The number of morpholine rings is 1. The minimum Gasteiger partial charge on any atom is -0.378 e. The van der Waals surface area contributed by atoms with Crippen molar-refractivity contribution in [2.24, 2.45) is 11.8 Å². The Bertz CT molecular complexity index is 609. The van der Waals surface area contributed by atoms with Crippen LogP contribution in [0.15, 0.2) is 0 Å². The third-order valence-corrected chi connectivity index (χ3v) is 4.53. The molecule has 0 saturated carbocycles. The van der Waals surface area contributed by atoms with Crippen LogP contribution < -0.4 is 15.5 Å². The summed E-state index contributed by atoms with van der Waals surface area (Å²) < 4.78 is 5.34. The van der Waals surface area contributed by atoms with Crippen molar-refractivity contribution in [3.05, 3.63) is 10.1 Å². The molecule has 0 amide bonds. The van der Waals surface area contributed by atoms with Crippen molar-refractivity contribution >= 4 is 23.3 Å². The van der Waals surface area contributed by atoms with Gasteiger partial charge in [0.05, 0.1) is 18.1 Å². The van der Waals surface area contributed by atoms with Gasteiger partial charge in [-0.3, -0.25) is 10.1 Å². The summed E-state index contributed by atoms with van der Waals surface area (Å²) in [5.41, 5.74) is 5.74. The zero-order chi connectivity index (χ0) is 17.3. The minimum absolute atomic E-state index is 0.0719. The SMILES string of the molecule is C[C@H]1C[C@H](C)CN(c2nc(N3CCOCC3)nc(N)c2[N+](=O)[O-])C1.